The molecule has 1 heterocycles. The van der Waals surface area contributed by atoms with E-state index in [0.29, 0.717) is 0 Å². The van der Waals surface area contributed by atoms with Crippen LogP contribution in [-0.2, 0) is 20.1 Å². The average Bonchev–Trinajstić information content (AvgIpc) is 2.85. The molecule has 0 saturated heterocycles. The molecule has 1 aromatic carbocycles. The van der Waals surface area contributed by atoms with E-state index in [9.17, 15) is 33.0 Å². The minimum atomic E-state index is -5.23. The molecule has 9 heteroatoms. The molecule has 2 N–H and O–H groups in total. The van der Waals surface area contributed by atoms with Gasteiger partial charge in [0, 0.05) is 11.1 Å². The van der Waals surface area contributed by atoms with Gasteiger partial charge in [-0.15, -0.1) is 0 Å². The smallest absolute Gasteiger partial charge is 0.449 e. The number of benzene rings is 1. The lowest BCUT2D eigenvalue weighted by Gasteiger charge is -2.30. The Labute approximate surface area is 133 Å². The Hall–Kier alpha value is -2.39. The number of hydrogen-bond acceptors (Lipinski definition) is 6. The van der Waals surface area contributed by atoms with E-state index in [1.807, 2.05) is 0 Å². The second kappa shape index (κ2) is 4.81. The first-order chi connectivity index (χ1) is 11.1. The molecule has 0 aromatic heterocycles. The highest BCUT2D eigenvalue weighted by atomic mass is 19.4. The number of carbonyl (C=O) groups excluding carboxylic acids is 2. The van der Waals surface area contributed by atoms with Gasteiger partial charge in [-0.2, -0.15) is 13.2 Å². The molecule has 0 radical (unpaired) electrons. The zero-order chi connectivity index (χ0) is 17.9. The number of carbonyl (C=O) groups is 2. The van der Waals surface area contributed by atoms with Gasteiger partial charge < -0.3 is 19.7 Å². The summed E-state index contributed by atoms with van der Waals surface area (Å²) in [5.41, 5.74) is -5.31. The maximum Gasteiger partial charge on any atom is 0.449 e. The minimum absolute atomic E-state index is 0.245. The van der Waals surface area contributed by atoms with Crippen LogP contribution in [0.2, 0.25) is 0 Å². The molecule has 128 valence electrons. The van der Waals surface area contributed by atoms with Gasteiger partial charge in [-0.3, -0.25) is 4.79 Å². The SMILES string of the molecule is CCOC(=O)C1=C(C(F)(F)F)O[C@]2(O)c3ccccc3C(=O)[C@@]12O. The van der Waals surface area contributed by atoms with Crippen LogP contribution in [0.15, 0.2) is 35.6 Å². The Morgan fingerprint density at radius 1 is 1.29 bits per heavy atom. The van der Waals surface area contributed by atoms with E-state index >= 15 is 0 Å². The number of rotatable bonds is 2. The van der Waals surface area contributed by atoms with Crippen molar-refractivity contribution in [3.8, 4) is 0 Å². The summed E-state index contributed by atoms with van der Waals surface area (Å²) in [6, 6.07) is 5.07. The average molecular weight is 344 g/mol. The van der Waals surface area contributed by atoms with Crippen molar-refractivity contribution in [1.29, 1.82) is 0 Å². The largest absolute Gasteiger partial charge is 0.462 e. The lowest BCUT2D eigenvalue weighted by Crippen LogP contribution is -2.52. The van der Waals surface area contributed by atoms with Gasteiger partial charge in [0.25, 0.3) is 5.79 Å². The Balaban J connectivity index is 2.29. The summed E-state index contributed by atoms with van der Waals surface area (Å²) >= 11 is 0. The van der Waals surface area contributed by atoms with E-state index in [2.05, 4.69) is 9.47 Å². The molecule has 1 aromatic rings. The van der Waals surface area contributed by atoms with Gasteiger partial charge >= 0.3 is 12.1 Å². The summed E-state index contributed by atoms with van der Waals surface area (Å²) in [5.74, 6) is -7.88. The molecule has 0 saturated carbocycles. The quantitative estimate of drug-likeness (QED) is 0.783. The summed E-state index contributed by atoms with van der Waals surface area (Å²) in [7, 11) is 0. The molecule has 24 heavy (non-hydrogen) atoms. The summed E-state index contributed by atoms with van der Waals surface area (Å²) in [6.07, 6.45) is -5.23. The van der Waals surface area contributed by atoms with Crippen molar-refractivity contribution in [2.24, 2.45) is 0 Å². The van der Waals surface area contributed by atoms with E-state index in [1.54, 1.807) is 0 Å². The molecular formula is C15H11F3O6. The van der Waals surface area contributed by atoms with Crippen molar-refractivity contribution in [1.82, 2.24) is 0 Å². The van der Waals surface area contributed by atoms with E-state index < -0.39 is 40.6 Å². The zero-order valence-electron chi connectivity index (χ0n) is 12.2. The maximum atomic E-state index is 13.2. The first-order valence-electron chi connectivity index (χ1n) is 6.86. The standard InChI is InChI=1S/C15H11F3O6/c1-2-23-12(20)9-11(15(16,17)18)24-14(22)8-6-4-3-5-7(8)10(19)13(9,14)21/h3-6,21-22H,2H2,1H3/t13-,14+/m0/s1. The number of hydrogen-bond donors (Lipinski definition) is 2. The Bertz CT molecular complexity index is 784. The van der Waals surface area contributed by atoms with Gasteiger partial charge in [0.2, 0.25) is 17.1 Å². The molecule has 0 bridgehead atoms. The van der Waals surface area contributed by atoms with Crippen LogP contribution < -0.4 is 0 Å². The van der Waals surface area contributed by atoms with E-state index in [1.165, 1.54) is 25.1 Å². The molecule has 0 fully saturated rings. The number of esters is 1. The zero-order valence-corrected chi connectivity index (χ0v) is 12.2. The second-order valence-electron chi connectivity index (χ2n) is 5.25. The van der Waals surface area contributed by atoms with Crippen molar-refractivity contribution >= 4 is 11.8 Å². The fourth-order valence-electron chi connectivity index (χ4n) is 2.94. The van der Waals surface area contributed by atoms with Crippen LogP contribution in [0.1, 0.15) is 22.8 Å². The van der Waals surface area contributed by atoms with Gasteiger partial charge in [0.1, 0.15) is 5.57 Å². The third-order valence-electron chi connectivity index (χ3n) is 3.93. The molecule has 1 aliphatic carbocycles. The highest BCUT2D eigenvalue weighted by Gasteiger charge is 2.75. The molecular weight excluding hydrogens is 333 g/mol. The number of fused-ring (bicyclic) bond motifs is 3. The van der Waals surface area contributed by atoms with Crippen LogP contribution in [-0.4, -0.2) is 40.3 Å². The van der Waals surface area contributed by atoms with Crippen molar-refractivity contribution in [2.75, 3.05) is 6.61 Å². The number of allylic oxidation sites excluding steroid dienone is 1. The molecule has 3 rings (SSSR count). The Morgan fingerprint density at radius 3 is 2.50 bits per heavy atom. The lowest BCUT2D eigenvalue weighted by molar-refractivity contribution is -0.258. The van der Waals surface area contributed by atoms with Gasteiger partial charge in [0.05, 0.1) is 6.61 Å². The van der Waals surface area contributed by atoms with Crippen molar-refractivity contribution < 1.29 is 42.4 Å². The highest BCUT2D eigenvalue weighted by molar-refractivity contribution is 6.16. The molecule has 0 amide bonds. The van der Waals surface area contributed by atoms with Crippen LogP contribution in [0.3, 0.4) is 0 Å². The summed E-state index contributed by atoms with van der Waals surface area (Å²) in [5, 5.41) is 21.3. The van der Waals surface area contributed by atoms with Crippen molar-refractivity contribution in [3.05, 3.63) is 46.7 Å². The van der Waals surface area contributed by atoms with Crippen LogP contribution in [0, 0.1) is 0 Å². The molecule has 0 unspecified atom stereocenters. The van der Waals surface area contributed by atoms with Crippen molar-refractivity contribution in [2.45, 2.75) is 24.5 Å². The van der Waals surface area contributed by atoms with Crippen LogP contribution in [0.4, 0.5) is 13.2 Å². The van der Waals surface area contributed by atoms with Crippen LogP contribution in [0.25, 0.3) is 0 Å². The number of alkyl halides is 3. The Kier molecular flexibility index (Phi) is 3.30. The topological polar surface area (TPSA) is 93.1 Å². The fourth-order valence-corrected chi connectivity index (χ4v) is 2.94. The van der Waals surface area contributed by atoms with Gasteiger partial charge in [0.15, 0.2) is 0 Å². The molecule has 2 aliphatic rings. The van der Waals surface area contributed by atoms with E-state index in [-0.39, 0.29) is 17.7 Å². The number of halogens is 3. The molecule has 6 nitrogen and oxygen atoms in total. The van der Waals surface area contributed by atoms with Gasteiger partial charge in [-0.25, -0.2) is 4.79 Å². The van der Waals surface area contributed by atoms with Gasteiger partial charge in [-0.1, -0.05) is 24.3 Å². The van der Waals surface area contributed by atoms with Crippen LogP contribution in [0.5, 0.6) is 0 Å². The van der Waals surface area contributed by atoms with E-state index in [4.69, 9.17) is 0 Å². The summed E-state index contributed by atoms with van der Waals surface area (Å²) in [4.78, 5) is 24.5. The van der Waals surface area contributed by atoms with Gasteiger partial charge in [-0.05, 0) is 6.92 Å². The second-order valence-corrected chi connectivity index (χ2v) is 5.25. The minimum Gasteiger partial charge on any atom is -0.462 e. The van der Waals surface area contributed by atoms with Crippen LogP contribution >= 0.6 is 0 Å². The Morgan fingerprint density at radius 2 is 1.92 bits per heavy atom. The monoisotopic (exact) mass is 344 g/mol. The maximum absolute atomic E-state index is 13.2. The summed E-state index contributed by atoms with van der Waals surface area (Å²) in [6.45, 7) is 1.03. The predicted octanol–water partition coefficient (Wildman–Crippen LogP) is 1.17. The fraction of sp³-hybridized carbons (Fsp3) is 0.333. The number of ether oxygens (including phenoxy) is 2. The molecule has 2 atom stereocenters. The predicted molar refractivity (Wildman–Crippen MR) is 70.4 cm³/mol. The highest BCUT2D eigenvalue weighted by Crippen LogP contribution is 2.57. The first kappa shape index (κ1) is 16.5. The molecule has 1 aliphatic heterocycles. The summed E-state index contributed by atoms with van der Waals surface area (Å²) < 4.78 is 48.8. The molecule has 0 spiro atoms. The third kappa shape index (κ3) is 1.79. The lowest BCUT2D eigenvalue weighted by atomic mass is 9.86. The number of ketones is 1. The third-order valence-corrected chi connectivity index (χ3v) is 3.93. The number of aliphatic hydroxyl groups is 2. The first-order valence-corrected chi connectivity index (χ1v) is 6.86. The van der Waals surface area contributed by atoms with E-state index in [0.717, 1.165) is 6.07 Å². The number of Topliss-reactive ketones (excluding diaryl/α,β-unsaturated/α-hetero) is 1. The van der Waals surface area contributed by atoms with Crippen molar-refractivity contribution in [3.63, 3.8) is 0 Å². The normalized spacial score (nSPS) is 28.5.